The van der Waals surface area contributed by atoms with Crippen molar-refractivity contribution in [1.82, 2.24) is 5.32 Å². The van der Waals surface area contributed by atoms with E-state index in [0.29, 0.717) is 17.3 Å². The predicted octanol–water partition coefficient (Wildman–Crippen LogP) is 3.45. The molecule has 21 heavy (non-hydrogen) atoms. The van der Waals surface area contributed by atoms with Gasteiger partial charge in [0.25, 0.3) is 5.91 Å². The minimum Gasteiger partial charge on any atom is -0.481 e. The van der Waals surface area contributed by atoms with Crippen molar-refractivity contribution in [1.29, 1.82) is 0 Å². The number of hydrogen-bond acceptors (Lipinski definition) is 3. The largest absolute Gasteiger partial charge is 0.481 e. The van der Waals surface area contributed by atoms with Crippen LogP contribution in [0.25, 0.3) is 0 Å². The SMILES string of the molecule is CC(Oc1cccc(Cl)c1)C(=O)NCCCc1ccco1. The summed E-state index contributed by atoms with van der Waals surface area (Å²) in [6, 6.07) is 10.8. The average molecular weight is 308 g/mol. The highest BCUT2D eigenvalue weighted by Gasteiger charge is 2.14. The first kappa shape index (κ1) is 15.4. The highest BCUT2D eigenvalue weighted by molar-refractivity contribution is 6.30. The molecular weight excluding hydrogens is 290 g/mol. The maximum atomic E-state index is 11.9. The molecule has 0 spiro atoms. The van der Waals surface area contributed by atoms with Gasteiger partial charge in [0.1, 0.15) is 11.5 Å². The molecular formula is C16H18ClNO3. The van der Waals surface area contributed by atoms with E-state index in [1.54, 1.807) is 37.5 Å². The maximum Gasteiger partial charge on any atom is 0.260 e. The zero-order valence-electron chi connectivity index (χ0n) is 11.8. The van der Waals surface area contributed by atoms with E-state index in [2.05, 4.69) is 5.32 Å². The first-order valence-corrected chi connectivity index (χ1v) is 7.25. The Morgan fingerprint density at radius 1 is 1.38 bits per heavy atom. The topological polar surface area (TPSA) is 51.5 Å². The van der Waals surface area contributed by atoms with Crippen molar-refractivity contribution in [2.24, 2.45) is 0 Å². The molecule has 0 bridgehead atoms. The maximum absolute atomic E-state index is 11.9. The summed E-state index contributed by atoms with van der Waals surface area (Å²) in [5.74, 6) is 1.36. The van der Waals surface area contributed by atoms with Gasteiger partial charge in [-0.3, -0.25) is 4.79 Å². The van der Waals surface area contributed by atoms with E-state index in [1.807, 2.05) is 12.1 Å². The van der Waals surface area contributed by atoms with Crippen LogP contribution in [-0.2, 0) is 11.2 Å². The van der Waals surface area contributed by atoms with Gasteiger partial charge < -0.3 is 14.5 Å². The molecule has 0 aliphatic heterocycles. The van der Waals surface area contributed by atoms with Crippen LogP contribution in [0.3, 0.4) is 0 Å². The van der Waals surface area contributed by atoms with Crippen LogP contribution in [0.5, 0.6) is 5.75 Å². The molecule has 1 unspecified atom stereocenters. The Bertz CT molecular complexity index is 569. The Balaban J connectivity index is 1.70. The molecule has 1 N–H and O–H groups in total. The highest BCUT2D eigenvalue weighted by atomic mass is 35.5. The second-order valence-corrected chi connectivity index (χ2v) is 5.13. The Hall–Kier alpha value is -1.94. The summed E-state index contributed by atoms with van der Waals surface area (Å²) in [7, 11) is 0. The van der Waals surface area contributed by atoms with Crippen molar-refractivity contribution in [2.75, 3.05) is 6.54 Å². The Morgan fingerprint density at radius 3 is 2.95 bits per heavy atom. The number of ether oxygens (including phenoxy) is 1. The summed E-state index contributed by atoms with van der Waals surface area (Å²) in [5.41, 5.74) is 0. The van der Waals surface area contributed by atoms with Gasteiger partial charge in [-0.15, -0.1) is 0 Å². The van der Waals surface area contributed by atoms with E-state index in [1.165, 1.54) is 0 Å². The zero-order chi connectivity index (χ0) is 15.1. The Labute approximate surface area is 129 Å². The average Bonchev–Trinajstić information content (AvgIpc) is 2.96. The third-order valence-electron chi connectivity index (χ3n) is 2.96. The fraction of sp³-hybridized carbons (Fsp3) is 0.312. The lowest BCUT2D eigenvalue weighted by Gasteiger charge is -2.14. The number of amides is 1. The molecule has 1 amide bonds. The van der Waals surface area contributed by atoms with Gasteiger partial charge in [-0.2, -0.15) is 0 Å². The first-order valence-electron chi connectivity index (χ1n) is 6.87. The molecule has 0 aliphatic rings. The number of halogens is 1. The van der Waals surface area contributed by atoms with Crippen molar-refractivity contribution >= 4 is 17.5 Å². The van der Waals surface area contributed by atoms with Gasteiger partial charge in [0.15, 0.2) is 6.10 Å². The van der Waals surface area contributed by atoms with E-state index in [-0.39, 0.29) is 5.91 Å². The summed E-state index contributed by atoms with van der Waals surface area (Å²) in [4.78, 5) is 11.9. The van der Waals surface area contributed by atoms with E-state index in [9.17, 15) is 4.79 Å². The molecule has 0 fully saturated rings. The van der Waals surface area contributed by atoms with Crippen molar-refractivity contribution in [3.63, 3.8) is 0 Å². The molecule has 1 heterocycles. The van der Waals surface area contributed by atoms with Gasteiger partial charge >= 0.3 is 0 Å². The minimum atomic E-state index is -0.563. The number of benzene rings is 1. The van der Waals surface area contributed by atoms with Crippen LogP contribution < -0.4 is 10.1 Å². The van der Waals surface area contributed by atoms with Crippen LogP contribution in [0.1, 0.15) is 19.1 Å². The quantitative estimate of drug-likeness (QED) is 0.797. The molecule has 1 aromatic heterocycles. The second-order valence-electron chi connectivity index (χ2n) is 4.69. The molecule has 0 saturated heterocycles. The molecule has 0 aliphatic carbocycles. The lowest BCUT2D eigenvalue weighted by molar-refractivity contribution is -0.127. The normalized spacial score (nSPS) is 11.9. The third-order valence-corrected chi connectivity index (χ3v) is 3.19. The van der Waals surface area contributed by atoms with Crippen molar-refractivity contribution in [3.05, 3.63) is 53.4 Å². The molecule has 2 rings (SSSR count). The van der Waals surface area contributed by atoms with E-state index in [4.69, 9.17) is 20.8 Å². The number of aryl methyl sites for hydroxylation is 1. The molecule has 112 valence electrons. The number of carbonyl (C=O) groups excluding carboxylic acids is 1. The molecule has 4 nitrogen and oxygen atoms in total. The Kier molecular flexibility index (Phi) is 5.69. The summed E-state index contributed by atoms with van der Waals surface area (Å²) in [6.07, 6.45) is 2.71. The van der Waals surface area contributed by atoms with Crippen LogP contribution in [0.2, 0.25) is 5.02 Å². The molecule has 1 atom stereocenters. The Morgan fingerprint density at radius 2 is 2.24 bits per heavy atom. The summed E-state index contributed by atoms with van der Waals surface area (Å²) >= 11 is 5.87. The third kappa shape index (κ3) is 5.16. The van der Waals surface area contributed by atoms with Gasteiger partial charge in [-0.1, -0.05) is 17.7 Å². The highest BCUT2D eigenvalue weighted by Crippen LogP contribution is 2.18. The molecule has 2 aromatic rings. The van der Waals surface area contributed by atoms with Crippen molar-refractivity contribution < 1.29 is 13.9 Å². The van der Waals surface area contributed by atoms with Gasteiger partial charge in [0.05, 0.1) is 6.26 Å². The number of carbonyl (C=O) groups is 1. The fourth-order valence-corrected chi connectivity index (χ4v) is 2.05. The van der Waals surface area contributed by atoms with E-state index >= 15 is 0 Å². The number of nitrogens with one attached hydrogen (secondary N) is 1. The number of rotatable bonds is 7. The van der Waals surface area contributed by atoms with Crippen molar-refractivity contribution in [2.45, 2.75) is 25.9 Å². The van der Waals surface area contributed by atoms with E-state index in [0.717, 1.165) is 18.6 Å². The van der Waals surface area contributed by atoms with Gasteiger partial charge in [0.2, 0.25) is 0 Å². The first-order chi connectivity index (χ1) is 10.1. The zero-order valence-corrected chi connectivity index (χ0v) is 12.6. The van der Waals surface area contributed by atoms with Gasteiger partial charge in [0, 0.05) is 18.0 Å². The lowest BCUT2D eigenvalue weighted by Crippen LogP contribution is -2.36. The summed E-state index contributed by atoms with van der Waals surface area (Å²) < 4.78 is 10.8. The van der Waals surface area contributed by atoms with Crippen LogP contribution in [0.15, 0.2) is 47.1 Å². The van der Waals surface area contributed by atoms with E-state index < -0.39 is 6.10 Å². The minimum absolute atomic E-state index is 0.144. The predicted molar refractivity (Wildman–Crippen MR) is 81.6 cm³/mol. The molecule has 5 heteroatoms. The van der Waals surface area contributed by atoms with Crippen LogP contribution in [0, 0.1) is 0 Å². The van der Waals surface area contributed by atoms with Crippen LogP contribution in [0.4, 0.5) is 0 Å². The standard InChI is InChI=1S/C16H18ClNO3/c1-12(21-15-6-2-5-13(17)11-15)16(19)18-9-3-7-14-8-4-10-20-14/h2,4-6,8,10-12H,3,7,9H2,1H3,(H,18,19). The summed E-state index contributed by atoms with van der Waals surface area (Å²) in [5, 5.41) is 3.42. The molecule has 0 radical (unpaired) electrons. The van der Waals surface area contributed by atoms with Crippen LogP contribution >= 0.6 is 11.6 Å². The smallest absolute Gasteiger partial charge is 0.260 e. The summed E-state index contributed by atoms with van der Waals surface area (Å²) in [6.45, 7) is 2.30. The molecule has 1 aromatic carbocycles. The van der Waals surface area contributed by atoms with Gasteiger partial charge in [-0.05, 0) is 43.7 Å². The monoisotopic (exact) mass is 307 g/mol. The molecule has 0 saturated carbocycles. The fourth-order valence-electron chi connectivity index (χ4n) is 1.87. The number of hydrogen-bond donors (Lipinski definition) is 1. The number of furan rings is 1. The second kappa shape index (κ2) is 7.74. The van der Waals surface area contributed by atoms with Crippen molar-refractivity contribution in [3.8, 4) is 5.75 Å². The van der Waals surface area contributed by atoms with Gasteiger partial charge in [-0.25, -0.2) is 0 Å². The lowest BCUT2D eigenvalue weighted by atomic mass is 10.2. The van der Waals surface area contributed by atoms with Crippen LogP contribution in [-0.4, -0.2) is 18.6 Å².